The molecule has 84 valence electrons. The largest absolute Gasteiger partial charge is 1.00 e. The van der Waals surface area contributed by atoms with Crippen molar-refractivity contribution >= 4 is 13.6 Å². The third-order valence-corrected chi connectivity index (χ3v) is 2.93. The predicted octanol–water partition coefficient (Wildman–Crippen LogP) is -1.02. The standard InChI is InChI=1S/C8H16O5P.Na/c1-4-11-8(9)7-14(10,12-5-2)13-6-3;/h7H,4-6H2,1-3H3;/q-1;+1. The van der Waals surface area contributed by atoms with Crippen molar-refractivity contribution in [3.05, 3.63) is 6.16 Å². The van der Waals surface area contributed by atoms with Crippen LogP contribution in [0.3, 0.4) is 0 Å². The van der Waals surface area contributed by atoms with Gasteiger partial charge in [-0.3, -0.25) is 9.36 Å². The summed E-state index contributed by atoms with van der Waals surface area (Å²) in [4.78, 5) is 11.0. The molecule has 0 radical (unpaired) electrons. The van der Waals surface area contributed by atoms with Crippen LogP contribution in [0, 0.1) is 6.16 Å². The van der Waals surface area contributed by atoms with Crippen LogP contribution in [-0.2, 0) is 23.1 Å². The van der Waals surface area contributed by atoms with Gasteiger partial charge in [0.15, 0.2) is 5.97 Å². The topological polar surface area (TPSA) is 61.8 Å². The average Bonchev–Trinajstić information content (AvgIpc) is 2.04. The van der Waals surface area contributed by atoms with Crippen LogP contribution in [-0.4, -0.2) is 25.8 Å². The van der Waals surface area contributed by atoms with Gasteiger partial charge in [-0.25, -0.2) is 0 Å². The van der Waals surface area contributed by atoms with Crippen LogP contribution in [0.4, 0.5) is 0 Å². The molecule has 0 spiro atoms. The van der Waals surface area contributed by atoms with Gasteiger partial charge in [0.25, 0.3) is 0 Å². The van der Waals surface area contributed by atoms with E-state index in [4.69, 9.17) is 9.05 Å². The van der Waals surface area contributed by atoms with Gasteiger partial charge < -0.3 is 13.8 Å². The van der Waals surface area contributed by atoms with E-state index in [1.54, 1.807) is 20.8 Å². The quantitative estimate of drug-likeness (QED) is 0.249. The van der Waals surface area contributed by atoms with Gasteiger partial charge in [-0.05, 0) is 20.8 Å². The number of carbonyl (C=O) groups is 1. The fourth-order valence-corrected chi connectivity index (χ4v) is 2.06. The van der Waals surface area contributed by atoms with Crippen LogP contribution in [0.15, 0.2) is 0 Å². The Morgan fingerprint density at radius 1 is 1.13 bits per heavy atom. The molecule has 0 amide bonds. The zero-order chi connectivity index (χ0) is 11.0. The minimum Gasteiger partial charge on any atom is -0.488 e. The zero-order valence-electron chi connectivity index (χ0n) is 9.69. The van der Waals surface area contributed by atoms with Crippen molar-refractivity contribution in [2.24, 2.45) is 0 Å². The van der Waals surface area contributed by atoms with Crippen molar-refractivity contribution in [3.63, 3.8) is 0 Å². The Bertz CT molecular complexity index is 211. The Balaban J connectivity index is 0. The summed E-state index contributed by atoms with van der Waals surface area (Å²) >= 11 is 0. The average molecular weight is 246 g/mol. The minimum atomic E-state index is -3.40. The van der Waals surface area contributed by atoms with Crippen LogP contribution in [0.1, 0.15) is 20.8 Å². The molecule has 0 aliphatic rings. The summed E-state index contributed by atoms with van der Waals surface area (Å²) in [5, 5.41) is 0. The molecule has 7 heteroatoms. The van der Waals surface area contributed by atoms with Crippen molar-refractivity contribution in [1.29, 1.82) is 0 Å². The maximum absolute atomic E-state index is 11.7. The second kappa shape index (κ2) is 9.70. The molecule has 5 nitrogen and oxygen atoms in total. The third kappa shape index (κ3) is 8.31. The maximum Gasteiger partial charge on any atom is 1.00 e. The van der Waals surface area contributed by atoms with Crippen LogP contribution in [0.25, 0.3) is 0 Å². The Morgan fingerprint density at radius 3 is 1.93 bits per heavy atom. The van der Waals surface area contributed by atoms with Gasteiger partial charge in [-0.2, -0.15) is 6.16 Å². The molecule has 0 unspecified atom stereocenters. The van der Waals surface area contributed by atoms with E-state index in [1.807, 2.05) is 0 Å². The Hall–Kier alpha value is 0.490. The van der Waals surface area contributed by atoms with E-state index in [2.05, 4.69) is 4.74 Å². The summed E-state index contributed by atoms with van der Waals surface area (Å²) in [6, 6.07) is 0. The molecule has 0 heterocycles. The van der Waals surface area contributed by atoms with E-state index >= 15 is 0 Å². The van der Waals surface area contributed by atoms with Crippen LogP contribution in [0.2, 0.25) is 0 Å². The van der Waals surface area contributed by atoms with Gasteiger partial charge in [-0.15, -0.1) is 0 Å². The monoisotopic (exact) mass is 246 g/mol. The predicted molar refractivity (Wildman–Crippen MR) is 51.8 cm³/mol. The van der Waals surface area contributed by atoms with Gasteiger partial charge in [-0.1, -0.05) is 0 Å². The molecule has 0 aromatic heterocycles. The Morgan fingerprint density at radius 2 is 1.60 bits per heavy atom. The van der Waals surface area contributed by atoms with E-state index in [0.29, 0.717) is 0 Å². The molecule has 0 aliphatic carbocycles. The zero-order valence-corrected chi connectivity index (χ0v) is 12.6. The summed E-state index contributed by atoms with van der Waals surface area (Å²) in [6.45, 7) is 5.67. The third-order valence-electron chi connectivity index (χ3n) is 1.17. The van der Waals surface area contributed by atoms with Crippen molar-refractivity contribution in [3.8, 4) is 0 Å². The number of hydrogen-bond donors (Lipinski definition) is 0. The second-order valence-electron chi connectivity index (χ2n) is 2.26. The first-order valence-electron chi connectivity index (χ1n) is 4.49. The molecular formula is C8H16NaO5P. The fraction of sp³-hybridized carbons (Fsp3) is 0.750. The van der Waals surface area contributed by atoms with Gasteiger partial charge in [0.2, 0.25) is 7.60 Å². The first-order chi connectivity index (χ1) is 6.58. The normalized spacial score (nSPS) is 10.3. The minimum absolute atomic E-state index is 0. The first-order valence-corrected chi connectivity index (χ1v) is 6.10. The number of ether oxygens (including phenoxy) is 1. The van der Waals surface area contributed by atoms with Crippen molar-refractivity contribution in [2.75, 3.05) is 19.8 Å². The molecule has 15 heavy (non-hydrogen) atoms. The SMILES string of the molecule is CCOC(=O)[CH-]P(=O)(OCC)OCC.[Na+]. The van der Waals surface area contributed by atoms with Crippen LogP contribution >= 0.6 is 7.60 Å². The molecule has 0 aliphatic heterocycles. The Labute approximate surface area is 113 Å². The van der Waals surface area contributed by atoms with Gasteiger partial charge in [0.05, 0.1) is 19.8 Å². The van der Waals surface area contributed by atoms with Gasteiger partial charge in [0.1, 0.15) is 0 Å². The maximum atomic E-state index is 11.7. The van der Waals surface area contributed by atoms with E-state index < -0.39 is 13.6 Å². The molecule has 0 rings (SSSR count). The summed E-state index contributed by atoms with van der Waals surface area (Å²) in [7, 11) is -3.40. The summed E-state index contributed by atoms with van der Waals surface area (Å²) in [5.74, 6) is -0.683. The van der Waals surface area contributed by atoms with E-state index in [-0.39, 0.29) is 49.4 Å². The number of hydrogen-bond acceptors (Lipinski definition) is 5. The van der Waals surface area contributed by atoms with Crippen molar-refractivity contribution < 1.29 is 52.7 Å². The first kappa shape index (κ1) is 17.9. The van der Waals surface area contributed by atoms with Gasteiger partial charge in [0, 0.05) is 0 Å². The summed E-state index contributed by atoms with van der Waals surface area (Å²) < 4.78 is 26.0. The van der Waals surface area contributed by atoms with Gasteiger partial charge >= 0.3 is 29.6 Å². The van der Waals surface area contributed by atoms with E-state index in [9.17, 15) is 9.36 Å². The molecule has 0 fully saturated rings. The molecule has 0 saturated heterocycles. The summed E-state index contributed by atoms with van der Waals surface area (Å²) in [6.07, 6.45) is 0.865. The molecule has 0 N–H and O–H groups in total. The Kier molecular flexibility index (Phi) is 11.6. The number of carbonyl (C=O) groups excluding carboxylic acids is 1. The second-order valence-corrected chi connectivity index (χ2v) is 4.11. The molecule has 0 aromatic rings. The van der Waals surface area contributed by atoms with Crippen molar-refractivity contribution in [1.82, 2.24) is 0 Å². The molecule has 0 aromatic carbocycles. The van der Waals surface area contributed by atoms with Crippen LogP contribution < -0.4 is 29.6 Å². The molecular weight excluding hydrogens is 230 g/mol. The number of rotatable bonds is 7. The molecule has 0 saturated carbocycles. The van der Waals surface area contributed by atoms with Crippen molar-refractivity contribution in [2.45, 2.75) is 20.8 Å². The van der Waals surface area contributed by atoms with E-state index in [0.717, 1.165) is 6.16 Å². The molecule has 0 bridgehead atoms. The smallest absolute Gasteiger partial charge is 0.488 e. The van der Waals surface area contributed by atoms with Crippen LogP contribution in [0.5, 0.6) is 0 Å². The summed E-state index contributed by atoms with van der Waals surface area (Å²) in [5.41, 5.74) is 0. The number of esters is 1. The molecule has 0 atom stereocenters. The van der Waals surface area contributed by atoms with E-state index in [1.165, 1.54) is 0 Å². The fourth-order valence-electron chi connectivity index (χ4n) is 0.780.